The minimum Gasteiger partial charge on any atom is -0.354 e. The monoisotopic (exact) mass is 435 g/mol. The number of alkyl halides is 2. The van der Waals surface area contributed by atoms with Gasteiger partial charge in [0.2, 0.25) is 5.76 Å². The number of hydrogen-bond donors (Lipinski definition) is 0. The van der Waals surface area contributed by atoms with Gasteiger partial charge in [-0.1, -0.05) is 5.16 Å². The van der Waals surface area contributed by atoms with Gasteiger partial charge in [0.1, 0.15) is 33.9 Å². The Labute approximate surface area is 160 Å². The first-order valence-electron chi connectivity index (χ1n) is 7.85. The highest BCUT2D eigenvalue weighted by Gasteiger charge is 2.29. The van der Waals surface area contributed by atoms with Crippen LogP contribution in [0, 0.1) is 30.2 Å². The molecule has 0 radical (unpaired) electrons. The maximum atomic E-state index is 14.3. The molecule has 0 bridgehead atoms. The van der Waals surface area contributed by atoms with Crippen LogP contribution in [0.5, 0.6) is 0 Å². The van der Waals surface area contributed by atoms with Crippen molar-refractivity contribution in [3.8, 4) is 22.4 Å². The van der Waals surface area contributed by atoms with Crippen LogP contribution in [0.3, 0.4) is 0 Å². The summed E-state index contributed by atoms with van der Waals surface area (Å²) in [5.41, 5.74) is -2.31. The number of hydrogen-bond acceptors (Lipinski definition) is 4. The van der Waals surface area contributed by atoms with Gasteiger partial charge < -0.3 is 4.52 Å². The molecule has 11 heteroatoms. The van der Waals surface area contributed by atoms with Gasteiger partial charge in [0, 0.05) is 17.4 Å². The molecule has 0 N–H and O–H groups in total. The van der Waals surface area contributed by atoms with E-state index in [2.05, 4.69) is 9.68 Å². The molecule has 0 saturated heterocycles. The molecule has 154 valence electrons. The SMILES string of the molecule is Cc1c(F)cc(-c2noc(C(F)F)c2-c2cc(F)c(S(C)(=O)=O)c(F)c2)cc1F. The van der Waals surface area contributed by atoms with Crippen LogP contribution in [-0.4, -0.2) is 19.8 Å². The fourth-order valence-corrected chi connectivity index (χ4v) is 3.59. The van der Waals surface area contributed by atoms with Crippen molar-refractivity contribution in [3.63, 3.8) is 0 Å². The van der Waals surface area contributed by atoms with E-state index in [1.54, 1.807) is 0 Å². The average Bonchev–Trinajstić information content (AvgIpc) is 3.02. The summed E-state index contributed by atoms with van der Waals surface area (Å²) in [6.07, 6.45) is -2.71. The Balaban J connectivity index is 2.32. The summed E-state index contributed by atoms with van der Waals surface area (Å²) in [6, 6.07) is 2.60. The van der Waals surface area contributed by atoms with Crippen molar-refractivity contribution in [3.05, 3.63) is 58.9 Å². The maximum Gasteiger partial charge on any atom is 0.298 e. The molecule has 0 spiro atoms. The van der Waals surface area contributed by atoms with Crippen molar-refractivity contribution in [1.82, 2.24) is 5.16 Å². The molecular formula is C18H11F6NO3S. The molecular weight excluding hydrogens is 424 g/mol. The molecule has 0 atom stereocenters. The van der Waals surface area contributed by atoms with Crippen LogP contribution in [0.15, 0.2) is 33.7 Å². The third-order valence-electron chi connectivity index (χ3n) is 4.13. The molecule has 1 heterocycles. The van der Waals surface area contributed by atoms with Gasteiger partial charge in [0.25, 0.3) is 6.43 Å². The molecule has 0 unspecified atom stereocenters. The molecule has 0 amide bonds. The summed E-state index contributed by atoms with van der Waals surface area (Å²) in [7, 11) is -4.29. The Morgan fingerprint density at radius 2 is 1.38 bits per heavy atom. The predicted molar refractivity (Wildman–Crippen MR) is 90.0 cm³/mol. The number of rotatable bonds is 4. The van der Waals surface area contributed by atoms with E-state index in [1.165, 1.54) is 0 Å². The maximum absolute atomic E-state index is 14.3. The number of aromatic nitrogens is 1. The zero-order chi connectivity index (χ0) is 21.7. The van der Waals surface area contributed by atoms with Crippen molar-refractivity contribution in [2.75, 3.05) is 6.26 Å². The fourth-order valence-electron chi connectivity index (χ4n) is 2.77. The van der Waals surface area contributed by atoms with E-state index in [0.717, 1.165) is 19.1 Å². The highest BCUT2D eigenvalue weighted by molar-refractivity contribution is 7.90. The van der Waals surface area contributed by atoms with Gasteiger partial charge in [0.05, 0.1) is 5.56 Å². The average molecular weight is 435 g/mol. The second-order valence-electron chi connectivity index (χ2n) is 6.18. The molecule has 0 saturated carbocycles. The van der Waals surface area contributed by atoms with Crippen molar-refractivity contribution in [2.24, 2.45) is 0 Å². The zero-order valence-electron chi connectivity index (χ0n) is 14.7. The third-order valence-corrected chi connectivity index (χ3v) is 5.26. The normalized spacial score (nSPS) is 12.0. The topological polar surface area (TPSA) is 60.2 Å². The van der Waals surface area contributed by atoms with E-state index in [0.29, 0.717) is 18.4 Å². The second-order valence-corrected chi connectivity index (χ2v) is 8.13. The lowest BCUT2D eigenvalue weighted by Crippen LogP contribution is -2.05. The van der Waals surface area contributed by atoms with Crippen LogP contribution in [0.25, 0.3) is 22.4 Å². The van der Waals surface area contributed by atoms with E-state index >= 15 is 0 Å². The number of sulfone groups is 1. The molecule has 4 nitrogen and oxygen atoms in total. The van der Waals surface area contributed by atoms with Gasteiger partial charge in [-0.15, -0.1) is 0 Å². The van der Waals surface area contributed by atoms with Crippen LogP contribution < -0.4 is 0 Å². The minimum atomic E-state index is -4.29. The zero-order valence-corrected chi connectivity index (χ0v) is 15.6. The summed E-state index contributed by atoms with van der Waals surface area (Å²) in [5, 5.41) is 3.37. The Bertz CT molecular complexity index is 1170. The fraction of sp³-hybridized carbons (Fsp3) is 0.167. The Morgan fingerprint density at radius 1 is 0.897 bits per heavy atom. The van der Waals surface area contributed by atoms with Crippen molar-refractivity contribution in [2.45, 2.75) is 18.2 Å². The molecule has 0 aliphatic heterocycles. The van der Waals surface area contributed by atoms with E-state index in [9.17, 15) is 34.8 Å². The van der Waals surface area contributed by atoms with E-state index in [4.69, 9.17) is 0 Å². The lowest BCUT2D eigenvalue weighted by atomic mass is 9.98. The minimum absolute atomic E-state index is 0.316. The van der Waals surface area contributed by atoms with Gasteiger partial charge >= 0.3 is 0 Å². The summed E-state index contributed by atoms with van der Waals surface area (Å²) < 4.78 is 111. The van der Waals surface area contributed by atoms with Crippen LogP contribution in [0.1, 0.15) is 17.7 Å². The van der Waals surface area contributed by atoms with Gasteiger partial charge in [-0.3, -0.25) is 0 Å². The quantitative estimate of drug-likeness (QED) is 0.528. The number of nitrogens with zero attached hydrogens (tertiary/aromatic N) is 1. The Morgan fingerprint density at radius 3 is 1.83 bits per heavy atom. The Kier molecular flexibility index (Phi) is 5.20. The standard InChI is InChI=1S/C18H11F6NO3S/c1-7-10(19)5-9(6-11(7)20)15-14(16(18(23)24)28-25-15)8-3-12(21)17(13(22)4-8)29(2,26)27/h3-6,18H,1-2H3. The van der Waals surface area contributed by atoms with E-state index in [-0.39, 0.29) is 11.1 Å². The summed E-state index contributed by atoms with van der Waals surface area (Å²) in [4.78, 5) is -1.25. The highest BCUT2D eigenvalue weighted by Crippen LogP contribution is 2.41. The molecule has 0 fully saturated rings. The molecule has 3 rings (SSSR count). The molecule has 0 aliphatic rings. The van der Waals surface area contributed by atoms with Crippen molar-refractivity contribution < 1.29 is 39.3 Å². The van der Waals surface area contributed by atoms with E-state index < -0.39 is 67.0 Å². The number of benzene rings is 2. The summed E-state index contributed by atoms with van der Waals surface area (Å²) in [6.45, 7) is 1.15. The second kappa shape index (κ2) is 7.21. The summed E-state index contributed by atoms with van der Waals surface area (Å²) >= 11 is 0. The third kappa shape index (κ3) is 3.74. The van der Waals surface area contributed by atoms with Gasteiger partial charge in [-0.05, 0) is 36.8 Å². The first-order valence-corrected chi connectivity index (χ1v) is 9.74. The first kappa shape index (κ1) is 20.9. The molecule has 1 aromatic heterocycles. The smallest absolute Gasteiger partial charge is 0.298 e. The number of halogens is 6. The van der Waals surface area contributed by atoms with Crippen LogP contribution in [-0.2, 0) is 9.84 Å². The molecule has 29 heavy (non-hydrogen) atoms. The predicted octanol–water partition coefficient (Wildman–Crippen LogP) is 5.21. The lowest BCUT2D eigenvalue weighted by Gasteiger charge is -2.09. The van der Waals surface area contributed by atoms with Crippen LogP contribution in [0.4, 0.5) is 26.3 Å². The van der Waals surface area contributed by atoms with Crippen LogP contribution >= 0.6 is 0 Å². The lowest BCUT2D eigenvalue weighted by molar-refractivity contribution is 0.113. The van der Waals surface area contributed by atoms with Crippen molar-refractivity contribution >= 4 is 9.84 Å². The molecule has 2 aromatic carbocycles. The van der Waals surface area contributed by atoms with Gasteiger partial charge in [-0.2, -0.15) is 0 Å². The van der Waals surface area contributed by atoms with Crippen molar-refractivity contribution in [1.29, 1.82) is 0 Å². The largest absolute Gasteiger partial charge is 0.354 e. The van der Waals surface area contributed by atoms with Gasteiger partial charge in [0.15, 0.2) is 9.84 Å². The highest BCUT2D eigenvalue weighted by atomic mass is 32.2. The Hall–Kier alpha value is -2.82. The molecule has 0 aliphatic carbocycles. The molecule has 3 aromatic rings. The summed E-state index contributed by atoms with van der Waals surface area (Å²) in [5.74, 6) is -6.17. The first-order chi connectivity index (χ1) is 13.4. The van der Waals surface area contributed by atoms with Gasteiger partial charge in [-0.25, -0.2) is 34.8 Å². The van der Waals surface area contributed by atoms with E-state index in [1.807, 2.05) is 0 Å². The van der Waals surface area contributed by atoms with Crippen LogP contribution in [0.2, 0.25) is 0 Å².